The van der Waals surface area contributed by atoms with Gasteiger partial charge < -0.3 is 9.47 Å². The highest BCUT2D eigenvalue weighted by molar-refractivity contribution is 8.26. The summed E-state index contributed by atoms with van der Waals surface area (Å²) in [6.45, 7) is 1.13. The number of thiocarbonyl (C=S) groups is 1. The Labute approximate surface area is 173 Å². The molecular formula is C20H18ClNO3S2. The normalized spacial score (nSPS) is 15.5. The van der Waals surface area contributed by atoms with Crippen LogP contribution in [0.15, 0.2) is 53.4 Å². The molecule has 0 spiro atoms. The van der Waals surface area contributed by atoms with Crippen molar-refractivity contribution >= 4 is 51.9 Å². The lowest BCUT2D eigenvalue weighted by molar-refractivity contribution is -0.121. The Hall–Kier alpha value is -2.02. The second-order valence-corrected chi connectivity index (χ2v) is 7.93. The summed E-state index contributed by atoms with van der Waals surface area (Å²) >= 11 is 12.3. The van der Waals surface area contributed by atoms with E-state index in [2.05, 4.69) is 0 Å². The summed E-state index contributed by atoms with van der Waals surface area (Å²) in [6, 6.07) is 14.9. The minimum atomic E-state index is -0.0639. The average molecular weight is 420 g/mol. The van der Waals surface area contributed by atoms with Gasteiger partial charge in [-0.3, -0.25) is 9.69 Å². The van der Waals surface area contributed by atoms with Crippen LogP contribution in [0.5, 0.6) is 11.5 Å². The third kappa shape index (κ3) is 5.48. The fourth-order valence-corrected chi connectivity index (χ4v) is 3.63. The molecule has 0 radical (unpaired) electrons. The Morgan fingerprint density at radius 3 is 2.11 bits per heavy atom. The smallest absolute Gasteiger partial charge is 0.265 e. The Morgan fingerprint density at radius 1 is 1.04 bits per heavy atom. The standard InChI is InChI=1S/C20H18ClNO3S2/c1-22-19(23)18(27-20(22)26)13-14-3-7-16(8-4-14)24-11-2-12-25-17-9-5-15(21)6-10-17/h3-10,13H,2,11-12H2,1H3/b18-13-. The first-order valence-electron chi connectivity index (χ1n) is 8.36. The minimum Gasteiger partial charge on any atom is -0.493 e. The molecule has 3 rings (SSSR count). The predicted octanol–water partition coefficient (Wildman–Crippen LogP) is 5.02. The first-order valence-corrected chi connectivity index (χ1v) is 9.96. The van der Waals surface area contributed by atoms with Gasteiger partial charge in [-0.25, -0.2) is 0 Å². The quantitative estimate of drug-likeness (QED) is 0.358. The Balaban J connectivity index is 1.43. The monoisotopic (exact) mass is 419 g/mol. The van der Waals surface area contributed by atoms with Crippen LogP contribution in [-0.2, 0) is 4.79 Å². The van der Waals surface area contributed by atoms with Gasteiger partial charge in [0.1, 0.15) is 15.8 Å². The zero-order valence-electron chi connectivity index (χ0n) is 14.7. The lowest BCUT2D eigenvalue weighted by Crippen LogP contribution is -2.22. The van der Waals surface area contributed by atoms with Gasteiger partial charge in [-0.1, -0.05) is 47.7 Å². The van der Waals surface area contributed by atoms with Gasteiger partial charge in [0.15, 0.2) is 0 Å². The van der Waals surface area contributed by atoms with E-state index < -0.39 is 0 Å². The summed E-state index contributed by atoms with van der Waals surface area (Å²) in [5.74, 6) is 1.51. The number of rotatable bonds is 7. The molecule has 1 aliphatic heterocycles. The highest BCUT2D eigenvalue weighted by Gasteiger charge is 2.28. The number of likely N-dealkylation sites (N-methyl/N-ethyl adjacent to an activating group) is 1. The van der Waals surface area contributed by atoms with Crippen molar-refractivity contribution in [3.63, 3.8) is 0 Å². The molecule has 2 aromatic rings. The molecule has 1 heterocycles. The number of halogens is 1. The molecule has 0 aliphatic carbocycles. The van der Waals surface area contributed by atoms with Crippen molar-refractivity contribution in [3.8, 4) is 11.5 Å². The van der Waals surface area contributed by atoms with E-state index in [9.17, 15) is 4.79 Å². The molecule has 0 saturated carbocycles. The molecule has 7 heteroatoms. The maximum Gasteiger partial charge on any atom is 0.265 e. The Bertz CT molecular complexity index is 851. The fraction of sp³-hybridized carbons (Fsp3) is 0.200. The third-order valence-corrected chi connectivity index (χ3v) is 5.54. The van der Waals surface area contributed by atoms with Crippen LogP contribution in [0.2, 0.25) is 5.02 Å². The molecule has 0 unspecified atom stereocenters. The first kappa shape index (κ1) is 19.7. The van der Waals surface area contributed by atoms with Gasteiger partial charge in [0, 0.05) is 18.5 Å². The zero-order valence-corrected chi connectivity index (χ0v) is 17.1. The van der Waals surface area contributed by atoms with Gasteiger partial charge in [0.2, 0.25) is 0 Å². The number of thioether (sulfide) groups is 1. The van der Waals surface area contributed by atoms with E-state index in [1.807, 2.05) is 42.5 Å². The topological polar surface area (TPSA) is 38.8 Å². The van der Waals surface area contributed by atoms with Crippen LogP contribution in [-0.4, -0.2) is 35.4 Å². The maximum atomic E-state index is 12.0. The Kier molecular flexibility index (Phi) is 6.77. The molecule has 140 valence electrons. The number of ether oxygens (including phenoxy) is 2. The average Bonchev–Trinajstić information content (AvgIpc) is 2.91. The molecule has 4 nitrogen and oxygen atoms in total. The van der Waals surface area contributed by atoms with Crippen LogP contribution < -0.4 is 9.47 Å². The molecule has 0 atom stereocenters. The molecule has 27 heavy (non-hydrogen) atoms. The van der Waals surface area contributed by atoms with Crippen molar-refractivity contribution in [2.45, 2.75) is 6.42 Å². The number of carbonyl (C=O) groups is 1. The van der Waals surface area contributed by atoms with Gasteiger partial charge >= 0.3 is 0 Å². The minimum absolute atomic E-state index is 0.0639. The highest BCUT2D eigenvalue weighted by Crippen LogP contribution is 2.31. The van der Waals surface area contributed by atoms with E-state index in [0.717, 1.165) is 23.5 Å². The maximum absolute atomic E-state index is 12.0. The van der Waals surface area contributed by atoms with E-state index in [4.69, 9.17) is 33.3 Å². The summed E-state index contributed by atoms with van der Waals surface area (Å²) in [4.78, 5) is 14.1. The van der Waals surface area contributed by atoms with Gasteiger partial charge in [-0.2, -0.15) is 0 Å². The lowest BCUT2D eigenvalue weighted by atomic mass is 10.2. The Morgan fingerprint density at radius 2 is 1.59 bits per heavy atom. The summed E-state index contributed by atoms with van der Waals surface area (Å²) in [5, 5.41) is 0.690. The van der Waals surface area contributed by atoms with Gasteiger partial charge in [-0.05, 0) is 48.0 Å². The van der Waals surface area contributed by atoms with Crippen LogP contribution in [0.3, 0.4) is 0 Å². The molecule has 2 aromatic carbocycles. The molecule has 1 saturated heterocycles. The van der Waals surface area contributed by atoms with Crippen molar-refractivity contribution < 1.29 is 14.3 Å². The van der Waals surface area contributed by atoms with Crippen molar-refractivity contribution in [1.82, 2.24) is 4.90 Å². The van der Waals surface area contributed by atoms with Gasteiger partial charge in [0.05, 0.1) is 18.1 Å². The molecule has 1 amide bonds. The number of hydrogen-bond acceptors (Lipinski definition) is 5. The summed E-state index contributed by atoms with van der Waals surface area (Å²) < 4.78 is 11.9. The highest BCUT2D eigenvalue weighted by atomic mass is 35.5. The zero-order chi connectivity index (χ0) is 19.2. The second kappa shape index (κ2) is 9.26. The van der Waals surface area contributed by atoms with E-state index in [0.29, 0.717) is 27.5 Å². The third-order valence-electron chi connectivity index (χ3n) is 3.80. The number of amides is 1. The summed E-state index contributed by atoms with van der Waals surface area (Å²) in [6.07, 6.45) is 2.61. The summed E-state index contributed by atoms with van der Waals surface area (Å²) in [7, 11) is 1.69. The fourth-order valence-electron chi connectivity index (χ4n) is 2.33. The lowest BCUT2D eigenvalue weighted by Gasteiger charge is -2.08. The van der Waals surface area contributed by atoms with E-state index >= 15 is 0 Å². The van der Waals surface area contributed by atoms with Gasteiger partial charge in [-0.15, -0.1) is 0 Å². The molecule has 0 N–H and O–H groups in total. The molecule has 0 aromatic heterocycles. The molecule has 1 aliphatic rings. The predicted molar refractivity (Wildman–Crippen MR) is 114 cm³/mol. The van der Waals surface area contributed by atoms with Crippen LogP contribution >= 0.6 is 35.6 Å². The summed E-state index contributed by atoms with van der Waals surface area (Å²) in [5.41, 5.74) is 0.933. The van der Waals surface area contributed by atoms with E-state index in [1.165, 1.54) is 16.7 Å². The van der Waals surface area contributed by atoms with Gasteiger partial charge in [0.25, 0.3) is 5.91 Å². The largest absolute Gasteiger partial charge is 0.493 e. The van der Waals surface area contributed by atoms with Crippen molar-refractivity contribution in [2.24, 2.45) is 0 Å². The van der Waals surface area contributed by atoms with Crippen molar-refractivity contribution in [2.75, 3.05) is 20.3 Å². The number of benzene rings is 2. The van der Waals surface area contributed by atoms with E-state index in [1.54, 1.807) is 19.2 Å². The van der Waals surface area contributed by atoms with Crippen molar-refractivity contribution in [3.05, 3.63) is 64.0 Å². The number of carbonyl (C=O) groups excluding carboxylic acids is 1. The van der Waals surface area contributed by atoms with E-state index in [-0.39, 0.29) is 5.91 Å². The first-order chi connectivity index (χ1) is 13.0. The van der Waals surface area contributed by atoms with Crippen LogP contribution in [0.4, 0.5) is 0 Å². The van der Waals surface area contributed by atoms with Crippen molar-refractivity contribution in [1.29, 1.82) is 0 Å². The molecule has 0 bridgehead atoms. The van der Waals surface area contributed by atoms with Crippen LogP contribution in [0, 0.1) is 0 Å². The number of nitrogens with zero attached hydrogens (tertiary/aromatic N) is 1. The SMILES string of the molecule is CN1C(=O)/C(=C/c2ccc(OCCCOc3ccc(Cl)cc3)cc2)SC1=S. The molecule has 1 fully saturated rings. The second-order valence-electron chi connectivity index (χ2n) is 5.81. The van der Waals surface area contributed by atoms with Crippen LogP contribution in [0.1, 0.15) is 12.0 Å². The molecular weight excluding hydrogens is 402 g/mol. The van der Waals surface area contributed by atoms with Crippen LogP contribution in [0.25, 0.3) is 6.08 Å². The number of hydrogen-bond donors (Lipinski definition) is 0.